The summed E-state index contributed by atoms with van der Waals surface area (Å²) in [5, 5.41) is 8.82. The van der Waals surface area contributed by atoms with E-state index in [-0.39, 0.29) is 12.3 Å². The Bertz CT molecular complexity index is 518. The lowest BCUT2D eigenvalue weighted by Crippen LogP contribution is -2.46. The fourth-order valence-corrected chi connectivity index (χ4v) is 2.49. The Morgan fingerprint density at radius 2 is 2.14 bits per heavy atom. The van der Waals surface area contributed by atoms with Crippen molar-refractivity contribution in [2.45, 2.75) is 18.9 Å². The quantitative estimate of drug-likeness (QED) is 0.824. The number of benzene rings is 1. The Morgan fingerprint density at radius 3 is 2.86 bits per heavy atom. The first-order chi connectivity index (χ1) is 10.1. The summed E-state index contributed by atoms with van der Waals surface area (Å²) in [5.41, 5.74) is 7.14. The second-order valence-electron chi connectivity index (χ2n) is 5.04. The number of carbonyl (C=O) groups is 2. The van der Waals surface area contributed by atoms with Crippen molar-refractivity contribution in [1.29, 1.82) is 0 Å². The van der Waals surface area contributed by atoms with E-state index in [1.807, 2.05) is 18.2 Å². The Labute approximate surface area is 123 Å². The van der Waals surface area contributed by atoms with Gasteiger partial charge < -0.3 is 20.5 Å². The average Bonchev–Trinajstić information content (AvgIpc) is 2.47. The maximum Gasteiger partial charge on any atom is 0.306 e. The van der Waals surface area contributed by atoms with Gasteiger partial charge in [-0.1, -0.05) is 18.2 Å². The molecule has 0 saturated carbocycles. The van der Waals surface area contributed by atoms with Gasteiger partial charge in [0, 0.05) is 18.7 Å². The van der Waals surface area contributed by atoms with Crippen LogP contribution in [0.1, 0.15) is 22.3 Å². The van der Waals surface area contributed by atoms with Crippen LogP contribution in [0.3, 0.4) is 0 Å². The molecule has 3 N–H and O–H groups in total. The zero-order valence-electron chi connectivity index (χ0n) is 11.8. The van der Waals surface area contributed by atoms with E-state index in [0.717, 1.165) is 5.56 Å². The molecule has 2 rings (SSSR count). The summed E-state index contributed by atoms with van der Waals surface area (Å²) in [5.74, 6) is -1.00. The molecule has 0 spiro atoms. The largest absolute Gasteiger partial charge is 0.481 e. The second-order valence-corrected chi connectivity index (χ2v) is 5.04. The van der Waals surface area contributed by atoms with Gasteiger partial charge in [0.15, 0.2) is 0 Å². The summed E-state index contributed by atoms with van der Waals surface area (Å²) in [6.07, 6.45) is 0.112. The van der Waals surface area contributed by atoms with E-state index in [9.17, 15) is 9.59 Å². The maximum atomic E-state index is 12.6. The highest BCUT2D eigenvalue weighted by molar-refractivity contribution is 5.95. The maximum absolute atomic E-state index is 12.6. The van der Waals surface area contributed by atoms with Crippen LogP contribution >= 0.6 is 0 Å². The molecule has 1 amide bonds. The third kappa shape index (κ3) is 4.03. The summed E-state index contributed by atoms with van der Waals surface area (Å²) < 4.78 is 5.39. The van der Waals surface area contributed by atoms with Crippen molar-refractivity contribution in [3.63, 3.8) is 0 Å². The Kier molecular flexibility index (Phi) is 5.30. The minimum absolute atomic E-state index is 0.0854. The highest BCUT2D eigenvalue weighted by atomic mass is 16.5. The average molecular weight is 292 g/mol. The van der Waals surface area contributed by atoms with Crippen molar-refractivity contribution in [3.8, 4) is 0 Å². The molecular formula is C15H20N2O4. The number of hydrogen-bond acceptors (Lipinski definition) is 4. The predicted molar refractivity (Wildman–Crippen MR) is 77.1 cm³/mol. The molecule has 1 atom stereocenters. The highest BCUT2D eigenvalue weighted by Crippen LogP contribution is 2.16. The molecule has 0 aromatic heterocycles. The molecule has 21 heavy (non-hydrogen) atoms. The van der Waals surface area contributed by atoms with Crippen LogP contribution in [-0.2, 0) is 16.0 Å². The number of aliphatic carboxylic acids is 1. The van der Waals surface area contributed by atoms with Gasteiger partial charge >= 0.3 is 5.97 Å². The van der Waals surface area contributed by atoms with Crippen LogP contribution < -0.4 is 5.73 Å². The molecule has 1 aromatic carbocycles. The van der Waals surface area contributed by atoms with Gasteiger partial charge in [-0.15, -0.1) is 0 Å². The molecule has 0 aliphatic carbocycles. The molecule has 6 heteroatoms. The van der Waals surface area contributed by atoms with Gasteiger partial charge in [-0.25, -0.2) is 0 Å². The lowest BCUT2D eigenvalue weighted by atomic mass is 10.0. The van der Waals surface area contributed by atoms with Crippen molar-refractivity contribution < 1.29 is 19.4 Å². The highest BCUT2D eigenvalue weighted by Gasteiger charge is 2.27. The van der Waals surface area contributed by atoms with Crippen LogP contribution in [-0.4, -0.2) is 54.2 Å². The van der Waals surface area contributed by atoms with Crippen molar-refractivity contribution in [2.75, 3.05) is 26.2 Å². The number of carboxylic acid groups (broad SMARTS) is 1. The SMILES string of the molecule is NCCc1ccccc1C(=O)N1CCOC(CC(=O)O)C1. The van der Waals surface area contributed by atoms with Gasteiger partial charge in [-0.2, -0.15) is 0 Å². The zero-order chi connectivity index (χ0) is 15.2. The molecule has 1 aliphatic rings. The molecule has 0 radical (unpaired) electrons. The number of nitrogens with two attached hydrogens (primary N) is 1. The molecular weight excluding hydrogens is 272 g/mol. The summed E-state index contributed by atoms with van der Waals surface area (Å²) >= 11 is 0. The van der Waals surface area contributed by atoms with E-state index >= 15 is 0 Å². The molecule has 114 valence electrons. The molecule has 6 nitrogen and oxygen atoms in total. The van der Waals surface area contributed by atoms with Gasteiger partial charge in [0.05, 0.1) is 19.1 Å². The third-order valence-corrected chi connectivity index (χ3v) is 3.49. The van der Waals surface area contributed by atoms with Crippen molar-refractivity contribution in [3.05, 3.63) is 35.4 Å². The van der Waals surface area contributed by atoms with Crippen LogP contribution in [0.2, 0.25) is 0 Å². The number of nitrogens with zero attached hydrogens (tertiary/aromatic N) is 1. The van der Waals surface area contributed by atoms with E-state index in [4.69, 9.17) is 15.6 Å². The Hall–Kier alpha value is -1.92. The van der Waals surface area contributed by atoms with Crippen LogP contribution in [0.25, 0.3) is 0 Å². The van der Waals surface area contributed by atoms with Gasteiger partial charge in [0.1, 0.15) is 0 Å². The Morgan fingerprint density at radius 1 is 1.38 bits per heavy atom. The van der Waals surface area contributed by atoms with E-state index in [1.165, 1.54) is 0 Å². The smallest absolute Gasteiger partial charge is 0.306 e. The van der Waals surface area contributed by atoms with E-state index < -0.39 is 12.1 Å². The normalized spacial score (nSPS) is 18.5. The third-order valence-electron chi connectivity index (χ3n) is 3.49. The van der Waals surface area contributed by atoms with Crippen LogP contribution in [0.4, 0.5) is 0 Å². The fourth-order valence-electron chi connectivity index (χ4n) is 2.49. The number of morpholine rings is 1. The summed E-state index contributed by atoms with van der Waals surface area (Å²) in [4.78, 5) is 25.0. The predicted octanol–water partition coefficient (Wildman–Crippen LogP) is 0.503. The van der Waals surface area contributed by atoms with Crippen molar-refractivity contribution in [1.82, 2.24) is 4.90 Å². The number of carboxylic acids is 1. The summed E-state index contributed by atoms with van der Waals surface area (Å²) in [6.45, 7) is 1.63. The minimum Gasteiger partial charge on any atom is -0.481 e. The summed E-state index contributed by atoms with van der Waals surface area (Å²) in [7, 11) is 0. The zero-order valence-corrected chi connectivity index (χ0v) is 11.8. The first kappa shape index (κ1) is 15.5. The van der Waals surface area contributed by atoms with Crippen LogP contribution in [0.5, 0.6) is 0 Å². The number of hydrogen-bond donors (Lipinski definition) is 2. The molecule has 1 aliphatic heterocycles. The summed E-state index contributed by atoms with van der Waals surface area (Å²) in [6, 6.07) is 7.39. The Balaban J connectivity index is 2.10. The van der Waals surface area contributed by atoms with Gasteiger partial charge in [0.25, 0.3) is 5.91 Å². The molecule has 1 saturated heterocycles. The standard InChI is InChI=1S/C15H20N2O4/c16-6-5-11-3-1-2-4-13(11)15(20)17-7-8-21-12(10-17)9-14(18)19/h1-4,12H,5-10,16H2,(H,18,19). The number of amides is 1. The van der Waals surface area contributed by atoms with Crippen LogP contribution in [0.15, 0.2) is 24.3 Å². The number of carbonyl (C=O) groups excluding carboxylic acids is 1. The van der Waals surface area contributed by atoms with Gasteiger partial charge in [-0.05, 0) is 24.6 Å². The first-order valence-electron chi connectivity index (χ1n) is 7.02. The number of ether oxygens (including phenoxy) is 1. The lowest BCUT2D eigenvalue weighted by Gasteiger charge is -2.32. The van der Waals surface area contributed by atoms with E-state index in [0.29, 0.717) is 38.2 Å². The van der Waals surface area contributed by atoms with Crippen LogP contribution in [0, 0.1) is 0 Å². The van der Waals surface area contributed by atoms with E-state index in [1.54, 1.807) is 11.0 Å². The lowest BCUT2D eigenvalue weighted by molar-refractivity contribution is -0.141. The first-order valence-corrected chi connectivity index (χ1v) is 7.02. The molecule has 1 aromatic rings. The molecule has 0 bridgehead atoms. The minimum atomic E-state index is -0.919. The molecule has 1 heterocycles. The van der Waals surface area contributed by atoms with E-state index in [2.05, 4.69) is 0 Å². The number of rotatable bonds is 5. The fraction of sp³-hybridized carbons (Fsp3) is 0.467. The van der Waals surface area contributed by atoms with Gasteiger partial charge in [0.2, 0.25) is 0 Å². The van der Waals surface area contributed by atoms with Crippen molar-refractivity contribution >= 4 is 11.9 Å². The van der Waals surface area contributed by atoms with Gasteiger partial charge in [-0.3, -0.25) is 9.59 Å². The molecule has 1 unspecified atom stereocenters. The molecule has 1 fully saturated rings. The topological polar surface area (TPSA) is 92.9 Å². The monoisotopic (exact) mass is 292 g/mol. The van der Waals surface area contributed by atoms with Crippen molar-refractivity contribution in [2.24, 2.45) is 5.73 Å². The second kappa shape index (κ2) is 7.19.